The number of benzene rings is 2. The second-order valence-electron chi connectivity index (χ2n) is 6.89. The highest BCUT2D eigenvalue weighted by molar-refractivity contribution is 5.95. The molecule has 0 aliphatic carbocycles. The molecule has 1 N–H and O–H groups in total. The molecule has 28 heavy (non-hydrogen) atoms. The normalized spacial score (nSPS) is 14.9. The molecule has 1 saturated heterocycles. The van der Waals surface area contributed by atoms with Gasteiger partial charge in [-0.2, -0.15) is 5.10 Å². The molecule has 2 aromatic carbocycles. The van der Waals surface area contributed by atoms with Gasteiger partial charge in [-0.05, 0) is 49.1 Å². The Morgan fingerprint density at radius 3 is 2.61 bits per heavy atom. The molecule has 0 saturated carbocycles. The molecule has 2 amide bonds. The van der Waals surface area contributed by atoms with E-state index >= 15 is 0 Å². The van der Waals surface area contributed by atoms with Crippen LogP contribution < -0.4 is 10.2 Å². The number of likely N-dealkylation sites (tertiary alicyclic amines) is 1. The third kappa shape index (κ3) is 4.76. The monoisotopic (exact) mass is 379 g/mol. The van der Waals surface area contributed by atoms with Crippen molar-refractivity contribution in [2.24, 2.45) is 11.0 Å². The van der Waals surface area contributed by atoms with Crippen molar-refractivity contribution >= 4 is 18.0 Å². The Balaban J connectivity index is 1.50. The lowest BCUT2D eigenvalue weighted by Gasteiger charge is -2.31. The molecule has 3 rings (SSSR count). The number of carbonyl (C=O) groups is 2. The number of carbonyl (C=O) groups excluding carboxylic acids is 2. The summed E-state index contributed by atoms with van der Waals surface area (Å²) < 4.78 is 5.16. The average Bonchev–Trinajstić information content (AvgIpc) is 2.74. The van der Waals surface area contributed by atoms with E-state index in [9.17, 15) is 9.59 Å². The Morgan fingerprint density at radius 2 is 1.89 bits per heavy atom. The minimum atomic E-state index is -0.136. The minimum Gasteiger partial charge on any atom is -0.497 e. The van der Waals surface area contributed by atoms with E-state index in [2.05, 4.69) is 10.5 Å². The Labute approximate surface area is 165 Å². The number of nitrogens with one attached hydrogen (secondary N) is 1. The van der Waals surface area contributed by atoms with E-state index in [1.54, 1.807) is 13.3 Å². The average molecular weight is 379 g/mol. The SMILES string of the molecule is COc1cccc(/C=N\NC(=O)C2CCN(C(=O)c3ccccc3C)CC2)c1. The zero-order valence-corrected chi connectivity index (χ0v) is 16.2. The summed E-state index contributed by atoms with van der Waals surface area (Å²) in [6.45, 7) is 3.09. The van der Waals surface area contributed by atoms with Gasteiger partial charge in [0.1, 0.15) is 5.75 Å². The minimum absolute atomic E-state index is 0.0352. The first-order valence-corrected chi connectivity index (χ1v) is 9.40. The highest BCUT2D eigenvalue weighted by Crippen LogP contribution is 2.20. The van der Waals surface area contributed by atoms with Crippen LogP contribution in [0, 0.1) is 12.8 Å². The van der Waals surface area contributed by atoms with Crippen LogP contribution in [0.3, 0.4) is 0 Å². The van der Waals surface area contributed by atoms with Gasteiger partial charge in [0.25, 0.3) is 5.91 Å². The lowest BCUT2D eigenvalue weighted by molar-refractivity contribution is -0.126. The van der Waals surface area contributed by atoms with Gasteiger partial charge in [-0.15, -0.1) is 0 Å². The molecule has 6 nitrogen and oxygen atoms in total. The summed E-state index contributed by atoms with van der Waals surface area (Å²) in [5.41, 5.74) is 5.16. The zero-order chi connectivity index (χ0) is 19.9. The Morgan fingerprint density at radius 1 is 1.14 bits per heavy atom. The van der Waals surface area contributed by atoms with Crippen LogP contribution in [0.5, 0.6) is 5.75 Å². The largest absolute Gasteiger partial charge is 0.497 e. The van der Waals surface area contributed by atoms with Crippen LogP contribution in [0.4, 0.5) is 0 Å². The van der Waals surface area contributed by atoms with E-state index in [1.165, 1.54) is 0 Å². The van der Waals surface area contributed by atoms with Crippen molar-refractivity contribution in [3.63, 3.8) is 0 Å². The molecule has 0 radical (unpaired) electrons. The summed E-state index contributed by atoms with van der Waals surface area (Å²) in [5, 5.41) is 4.04. The number of rotatable bonds is 5. The standard InChI is InChI=1S/C22H25N3O3/c1-16-6-3-4-9-20(16)22(27)25-12-10-18(11-13-25)21(26)24-23-15-17-7-5-8-19(14-17)28-2/h3-9,14-15,18H,10-13H2,1-2H3,(H,24,26)/b23-15-. The number of nitrogens with zero attached hydrogens (tertiary/aromatic N) is 2. The van der Waals surface area contributed by atoms with Crippen LogP contribution in [-0.4, -0.2) is 43.1 Å². The van der Waals surface area contributed by atoms with Gasteiger partial charge in [-0.25, -0.2) is 5.43 Å². The van der Waals surface area contributed by atoms with Crippen LogP contribution in [0.1, 0.15) is 34.3 Å². The first-order chi connectivity index (χ1) is 13.6. The van der Waals surface area contributed by atoms with Crippen LogP contribution in [-0.2, 0) is 4.79 Å². The topological polar surface area (TPSA) is 71.0 Å². The van der Waals surface area contributed by atoms with Gasteiger partial charge in [0.05, 0.1) is 13.3 Å². The summed E-state index contributed by atoms with van der Waals surface area (Å²) >= 11 is 0. The van der Waals surface area contributed by atoms with Crippen molar-refractivity contribution in [3.05, 3.63) is 65.2 Å². The summed E-state index contributed by atoms with van der Waals surface area (Å²) in [4.78, 5) is 26.9. The maximum absolute atomic E-state index is 12.7. The lowest BCUT2D eigenvalue weighted by Crippen LogP contribution is -2.42. The molecule has 0 bridgehead atoms. The number of aryl methyl sites for hydroxylation is 1. The molecular formula is C22H25N3O3. The Kier molecular flexibility index (Phi) is 6.42. The molecule has 146 valence electrons. The predicted octanol–water partition coefficient (Wildman–Crippen LogP) is 3.01. The van der Waals surface area contributed by atoms with E-state index in [0.717, 1.165) is 22.4 Å². The molecule has 1 aliphatic heterocycles. The molecule has 2 aromatic rings. The van der Waals surface area contributed by atoms with Crippen molar-refractivity contribution < 1.29 is 14.3 Å². The van der Waals surface area contributed by atoms with E-state index < -0.39 is 0 Å². The first-order valence-electron chi connectivity index (χ1n) is 9.40. The van der Waals surface area contributed by atoms with Crippen molar-refractivity contribution in [1.29, 1.82) is 0 Å². The van der Waals surface area contributed by atoms with Gasteiger partial charge in [-0.3, -0.25) is 9.59 Å². The fraction of sp³-hybridized carbons (Fsp3) is 0.318. The maximum atomic E-state index is 12.7. The summed E-state index contributed by atoms with van der Waals surface area (Å²) in [6, 6.07) is 15.0. The van der Waals surface area contributed by atoms with Gasteiger partial charge in [0.15, 0.2) is 0 Å². The fourth-order valence-corrected chi connectivity index (χ4v) is 3.31. The van der Waals surface area contributed by atoms with E-state index in [0.29, 0.717) is 25.9 Å². The quantitative estimate of drug-likeness (QED) is 0.641. The molecule has 0 unspecified atom stereocenters. The maximum Gasteiger partial charge on any atom is 0.254 e. The highest BCUT2D eigenvalue weighted by atomic mass is 16.5. The number of methoxy groups -OCH3 is 1. The summed E-state index contributed by atoms with van der Waals surface area (Å²) in [7, 11) is 1.61. The van der Waals surface area contributed by atoms with Crippen molar-refractivity contribution in [3.8, 4) is 5.75 Å². The van der Waals surface area contributed by atoms with Crippen molar-refractivity contribution in [2.45, 2.75) is 19.8 Å². The molecule has 0 spiro atoms. The van der Waals surface area contributed by atoms with Gasteiger partial charge in [-0.1, -0.05) is 30.3 Å². The number of piperidine rings is 1. The predicted molar refractivity (Wildman–Crippen MR) is 109 cm³/mol. The number of hydrazone groups is 1. The van der Waals surface area contributed by atoms with Crippen LogP contribution in [0.25, 0.3) is 0 Å². The molecule has 6 heteroatoms. The Hall–Kier alpha value is -3.15. The van der Waals surface area contributed by atoms with Gasteiger partial charge < -0.3 is 9.64 Å². The Bertz CT molecular complexity index is 871. The number of ether oxygens (including phenoxy) is 1. The number of hydrogen-bond acceptors (Lipinski definition) is 4. The molecular weight excluding hydrogens is 354 g/mol. The van der Waals surface area contributed by atoms with Crippen LogP contribution in [0.2, 0.25) is 0 Å². The first kappa shape index (κ1) is 19.6. The highest BCUT2D eigenvalue weighted by Gasteiger charge is 2.28. The second-order valence-corrected chi connectivity index (χ2v) is 6.89. The van der Waals surface area contributed by atoms with Crippen molar-refractivity contribution in [2.75, 3.05) is 20.2 Å². The smallest absolute Gasteiger partial charge is 0.254 e. The third-order valence-electron chi connectivity index (χ3n) is 5.01. The van der Waals surface area contributed by atoms with Crippen LogP contribution in [0.15, 0.2) is 53.6 Å². The van der Waals surface area contributed by atoms with Crippen LogP contribution >= 0.6 is 0 Å². The van der Waals surface area contributed by atoms with Gasteiger partial charge in [0.2, 0.25) is 5.91 Å². The lowest BCUT2D eigenvalue weighted by atomic mass is 9.95. The summed E-state index contributed by atoms with van der Waals surface area (Å²) in [6.07, 6.45) is 2.87. The molecule has 0 atom stereocenters. The van der Waals surface area contributed by atoms with E-state index in [1.807, 2.05) is 60.4 Å². The fourth-order valence-electron chi connectivity index (χ4n) is 3.31. The third-order valence-corrected chi connectivity index (χ3v) is 5.01. The van der Waals surface area contributed by atoms with Gasteiger partial charge >= 0.3 is 0 Å². The molecule has 1 heterocycles. The molecule has 0 aromatic heterocycles. The van der Waals surface area contributed by atoms with E-state index in [4.69, 9.17) is 4.74 Å². The van der Waals surface area contributed by atoms with Gasteiger partial charge in [0, 0.05) is 24.6 Å². The second kappa shape index (κ2) is 9.17. The zero-order valence-electron chi connectivity index (χ0n) is 16.2. The number of amides is 2. The van der Waals surface area contributed by atoms with E-state index in [-0.39, 0.29) is 17.7 Å². The molecule has 1 fully saturated rings. The van der Waals surface area contributed by atoms with Crippen molar-refractivity contribution in [1.82, 2.24) is 10.3 Å². The number of hydrogen-bond donors (Lipinski definition) is 1. The summed E-state index contributed by atoms with van der Waals surface area (Å²) in [5.74, 6) is 0.527. The molecule has 1 aliphatic rings.